The molecule has 0 radical (unpaired) electrons. The van der Waals surface area contributed by atoms with Gasteiger partial charge in [-0.1, -0.05) is 66.4 Å². The maximum Gasteiger partial charge on any atom is 0.293 e. The van der Waals surface area contributed by atoms with Gasteiger partial charge in [0.15, 0.2) is 0 Å². The number of nitrogens with zero attached hydrogens (tertiary/aromatic N) is 3. The van der Waals surface area contributed by atoms with E-state index in [1.54, 1.807) is 17.0 Å². The van der Waals surface area contributed by atoms with E-state index in [0.717, 1.165) is 11.1 Å². The van der Waals surface area contributed by atoms with Crippen molar-refractivity contribution in [2.45, 2.75) is 19.6 Å². The smallest absolute Gasteiger partial charge is 0.293 e. The Bertz CT molecular complexity index is 702. The lowest BCUT2D eigenvalue weighted by atomic mass is 9.98. The largest absolute Gasteiger partial charge is 0.461 e. The van der Waals surface area contributed by atoms with Gasteiger partial charge in [0, 0.05) is 0 Å². The van der Waals surface area contributed by atoms with E-state index in [1.807, 2.05) is 55.5 Å². The molecule has 1 aromatic carbocycles. The number of hydrogen-bond donors (Lipinski definition) is 0. The van der Waals surface area contributed by atoms with Gasteiger partial charge >= 0.3 is 0 Å². The Hall–Kier alpha value is -2.95. The third kappa shape index (κ3) is 4.26. The first-order valence-corrected chi connectivity index (χ1v) is 7.26. The van der Waals surface area contributed by atoms with Crippen molar-refractivity contribution < 1.29 is 9.53 Å². The van der Waals surface area contributed by atoms with Crippen molar-refractivity contribution in [3.8, 4) is 0 Å². The van der Waals surface area contributed by atoms with Gasteiger partial charge in [-0.05, 0) is 18.1 Å². The molecule has 1 unspecified atom stereocenters. The summed E-state index contributed by atoms with van der Waals surface area (Å²) in [4.78, 5) is 10.3. The number of carbonyl (C=O) groups excluding carboxylic acids is 1. The Morgan fingerprint density at radius 2 is 2.17 bits per heavy atom. The SMILES string of the molecule is C=C/C(=C\C=C/C)C(c1ccccc1)n1cc(COC=O)nn1. The molecule has 2 rings (SSSR count). The molecule has 0 N–H and O–H groups in total. The molecule has 5 heteroatoms. The van der Waals surface area contributed by atoms with Gasteiger partial charge in [0.05, 0.1) is 6.20 Å². The highest BCUT2D eigenvalue weighted by Crippen LogP contribution is 2.26. The predicted molar refractivity (Wildman–Crippen MR) is 88.6 cm³/mol. The Kier molecular flexibility index (Phi) is 6.06. The second-order valence-corrected chi connectivity index (χ2v) is 4.81. The normalized spacial score (nSPS) is 13.0. The van der Waals surface area contributed by atoms with Crippen LogP contribution in [0.3, 0.4) is 0 Å². The highest BCUT2D eigenvalue weighted by atomic mass is 16.5. The number of ether oxygens (including phenoxy) is 1. The molecular weight excluding hydrogens is 290 g/mol. The van der Waals surface area contributed by atoms with Crippen LogP contribution in [0.2, 0.25) is 0 Å². The third-order valence-electron chi connectivity index (χ3n) is 3.27. The Morgan fingerprint density at radius 1 is 1.39 bits per heavy atom. The second kappa shape index (κ2) is 8.48. The van der Waals surface area contributed by atoms with E-state index in [-0.39, 0.29) is 12.6 Å². The van der Waals surface area contributed by atoms with Gasteiger partial charge < -0.3 is 4.74 Å². The molecule has 0 aliphatic heterocycles. The number of carbonyl (C=O) groups is 1. The van der Waals surface area contributed by atoms with Crippen LogP contribution >= 0.6 is 0 Å². The van der Waals surface area contributed by atoms with Crippen LogP contribution in [0.25, 0.3) is 0 Å². The molecule has 0 bridgehead atoms. The topological polar surface area (TPSA) is 57.0 Å². The zero-order valence-corrected chi connectivity index (χ0v) is 13.0. The molecule has 0 aliphatic rings. The van der Waals surface area contributed by atoms with Gasteiger partial charge in [-0.25, -0.2) is 4.68 Å². The van der Waals surface area contributed by atoms with Gasteiger partial charge in [-0.2, -0.15) is 0 Å². The molecule has 23 heavy (non-hydrogen) atoms. The van der Waals surface area contributed by atoms with Crippen molar-refractivity contribution in [2.75, 3.05) is 0 Å². The first-order chi connectivity index (χ1) is 11.3. The number of aromatic nitrogens is 3. The van der Waals surface area contributed by atoms with Crippen molar-refractivity contribution >= 4 is 6.47 Å². The van der Waals surface area contributed by atoms with E-state index in [1.165, 1.54) is 0 Å². The highest BCUT2D eigenvalue weighted by molar-refractivity contribution is 5.37. The van der Waals surface area contributed by atoms with Crippen LogP contribution in [-0.4, -0.2) is 21.5 Å². The number of hydrogen-bond acceptors (Lipinski definition) is 4. The van der Waals surface area contributed by atoms with Crippen LogP contribution in [0.4, 0.5) is 0 Å². The lowest BCUT2D eigenvalue weighted by Gasteiger charge is -2.18. The zero-order chi connectivity index (χ0) is 16.5. The summed E-state index contributed by atoms with van der Waals surface area (Å²) in [6.45, 7) is 6.37. The number of rotatable bonds is 8. The molecule has 0 spiro atoms. The highest BCUT2D eigenvalue weighted by Gasteiger charge is 2.18. The predicted octanol–water partition coefficient (Wildman–Crippen LogP) is 3.23. The molecule has 1 heterocycles. The fourth-order valence-electron chi connectivity index (χ4n) is 2.24. The quantitative estimate of drug-likeness (QED) is 0.555. The summed E-state index contributed by atoms with van der Waals surface area (Å²) >= 11 is 0. The van der Waals surface area contributed by atoms with Gasteiger partial charge in [0.25, 0.3) is 6.47 Å². The van der Waals surface area contributed by atoms with Gasteiger partial charge in [-0.15, -0.1) is 5.10 Å². The summed E-state index contributed by atoms with van der Waals surface area (Å²) in [5.74, 6) is 0. The molecule has 0 saturated heterocycles. The van der Waals surface area contributed by atoms with Gasteiger partial charge in [0.1, 0.15) is 18.3 Å². The van der Waals surface area contributed by atoms with E-state index >= 15 is 0 Å². The molecule has 0 saturated carbocycles. The average molecular weight is 309 g/mol. The van der Waals surface area contributed by atoms with E-state index in [2.05, 4.69) is 16.9 Å². The minimum Gasteiger partial charge on any atom is -0.461 e. The molecule has 0 aliphatic carbocycles. The van der Waals surface area contributed by atoms with E-state index in [0.29, 0.717) is 12.2 Å². The Balaban J connectivity index is 2.43. The number of allylic oxidation sites excluding steroid dienone is 5. The third-order valence-corrected chi connectivity index (χ3v) is 3.27. The standard InChI is InChI=1S/C18H19N3O2/c1-3-5-9-15(4-2)18(16-10-7-6-8-11-16)21-12-17(19-20-21)13-23-14-22/h3-12,14,18H,2,13H2,1H3/b5-3-,15-9+. The van der Waals surface area contributed by atoms with Crippen LogP contribution in [0.1, 0.15) is 24.2 Å². The summed E-state index contributed by atoms with van der Waals surface area (Å²) in [5.41, 5.74) is 2.64. The fourth-order valence-corrected chi connectivity index (χ4v) is 2.24. The van der Waals surface area contributed by atoms with Crippen molar-refractivity contribution in [1.82, 2.24) is 15.0 Å². The Labute approximate surface area is 135 Å². The molecule has 2 aromatic rings. The van der Waals surface area contributed by atoms with Crippen molar-refractivity contribution in [3.63, 3.8) is 0 Å². The first kappa shape index (κ1) is 16.4. The van der Waals surface area contributed by atoms with E-state index in [4.69, 9.17) is 4.74 Å². The van der Waals surface area contributed by atoms with E-state index < -0.39 is 0 Å². The summed E-state index contributed by atoms with van der Waals surface area (Å²) in [6, 6.07) is 9.83. The summed E-state index contributed by atoms with van der Waals surface area (Å²) in [6.07, 6.45) is 9.49. The lowest BCUT2D eigenvalue weighted by Crippen LogP contribution is -2.13. The van der Waals surface area contributed by atoms with Crippen molar-refractivity contribution in [2.24, 2.45) is 0 Å². The lowest BCUT2D eigenvalue weighted by molar-refractivity contribution is -0.129. The molecule has 5 nitrogen and oxygen atoms in total. The van der Waals surface area contributed by atoms with Crippen LogP contribution in [0.15, 0.2) is 73.0 Å². The molecule has 118 valence electrons. The van der Waals surface area contributed by atoms with Crippen molar-refractivity contribution in [1.29, 1.82) is 0 Å². The van der Waals surface area contributed by atoms with Gasteiger partial charge in [0.2, 0.25) is 0 Å². The van der Waals surface area contributed by atoms with E-state index in [9.17, 15) is 4.79 Å². The van der Waals surface area contributed by atoms with Crippen LogP contribution < -0.4 is 0 Å². The van der Waals surface area contributed by atoms with Crippen molar-refractivity contribution in [3.05, 3.63) is 84.2 Å². The second-order valence-electron chi connectivity index (χ2n) is 4.81. The van der Waals surface area contributed by atoms with Gasteiger partial charge in [-0.3, -0.25) is 4.79 Å². The molecule has 1 atom stereocenters. The Morgan fingerprint density at radius 3 is 2.83 bits per heavy atom. The molecule has 1 aromatic heterocycles. The van der Waals surface area contributed by atoms with Crippen LogP contribution in [0.5, 0.6) is 0 Å². The zero-order valence-electron chi connectivity index (χ0n) is 13.0. The minimum absolute atomic E-state index is 0.104. The van der Waals surface area contributed by atoms with Crippen LogP contribution in [0, 0.1) is 0 Å². The molecule has 0 amide bonds. The maximum atomic E-state index is 10.3. The molecule has 0 fully saturated rings. The minimum atomic E-state index is -0.151. The summed E-state index contributed by atoms with van der Waals surface area (Å²) in [5, 5.41) is 8.23. The average Bonchev–Trinajstić information content (AvgIpc) is 3.05. The number of benzene rings is 1. The van der Waals surface area contributed by atoms with Crippen LogP contribution in [-0.2, 0) is 16.1 Å². The summed E-state index contributed by atoms with van der Waals surface area (Å²) in [7, 11) is 0. The molecular formula is C18H19N3O2. The maximum absolute atomic E-state index is 10.3. The summed E-state index contributed by atoms with van der Waals surface area (Å²) < 4.78 is 6.47. The fraction of sp³-hybridized carbons (Fsp3) is 0.167. The monoisotopic (exact) mass is 309 g/mol. The first-order valence-electron chi connectivity index (χ1n) is 7.26.